The second-order valence-electron chi connectivity index (χ2n) is 6.52. The Bertz CT molecular complexity index is 611. The molecule has 0 spiro atoms. The van der Waals surface area contributed by atoms with Crippen LogP contribution in [0.4, 0.5) is 0 Å². The van der Waals surface area contributed by atoms with Gasteiger partial charge in [0.25, 0.3) is 0 Å². The van der Waals surface area contributed by atoms with Crippen LogP contribution in [0.3, 0.4) is 0 Å². The molecule has 1 aromatic heterocycles. The number of nitrogens with zero attached hydrogens (tertiary/aromatic N) is 3. The van der Waals surface area contributed by atoms with Crippen molar-refractivity contribution in [1.82, 2.24) is 19.2 Å². The highest BCUT2D eigenvalue weighted by atomic mass is 32.2. The van der Waals surface area contributed by atoms with Gasteiger partial charge in [0, 0.05) is 31.4 Å². The van der Waals surface area contributed by atoms with Crippen molar-refractivity contribution in [3.05, 3.63) is 17.7 Å². The fraction of sp³-hybridized carbons (Fsp3) is 0.800. The Hall–Kier alpha value is -0.920. The van der Waals surface area contributed by atoms with E-state index in [4.69, 9.17) is 0 Å². The maximum atomic E-state index is 11.0. The highest BCUT2D eigenvalue weighted by Crippen LogP contribution is 2.28. The van der Waals surface area contributed by atoms with Gasteiger partial charge in [-0.3, -0.25) is 0 Å². The van der Waals surface area contributed by atoms with Gasteiger partial charge < -0.3 is 9.47 Å². The summed E-state index contributed by atoms with van der Waals surface area (Å²) in [5, 5.41) is 0. The highest BCUT2D eigenvalue weighted by Gasteiger charge is 2.26. The van der Waals surface area contributed by atoms with Crippen LogP contribution in [-0.4, -0.2) is 55.3 Å². The number of imidazole rings is 1. The molecule has 1 saturated heterocycles. The third kappa shape index (κ3) is 3.88. The van der Waals surface area contributed by atoms with Crippen molar-refractivity contribution >= 4 is 10.0 Å². The summed E-state index contributed by atoms with van der Waals surface area (Å²) in [6.45, 7) is 3.63. The van der Waals surface area contributed by atoms with Crippen molar-refractivity contribution in [2.24, 2.45) is 0 Å². The molecule has 1 atom stereocenters. The predicted molar refractivity (Wildman–Crippen MR) is 86.4 cm³/mol. The van der Waals surface area contributed by atoms with E-state index in [2.05, 4.69) is 19.2 Å². The summed E-state index contributed by atoms with van der Waals surface area (Å²) < 4.78 is 27.0. The summed E-state index contributed by atoms with van der Waals surface area (Å²) in [5.41, 5.74) is 2.76. The SMILES string of the molecule is CS(=O)(=O)NCCCN1CC[C@H](n2cnc3c2CCCC3)C1. The Kier molecular flexibility index (Phi) is 4.84. The Morgan fingerprint density at radius 3 is 3.00 bits per heavy atom. The zero-order chi connectivity index (χ0) is 15.6. The van der Waals surface area contributed by atoms with Gasteiger partial charge in [-0.1, -0.05) is 0 Å². The van der Waals surface area contributed by atoms with Gasteiger partial charge in [0.1, 0.15) is 0 Å². The molecule has 0 saturated carbocycles. The van der Waals surface area contributed by atoms with Gasteiger partial charge in [0.05, 0.1) is 18.3 Å². The zero-order valence-electron chi connectivity index (χ0n) is 13.3. The van der Waals surface area contributed by atoms with E-state index in [1.165, 1.54) is 43.3 Å². The molecule has 1 N–H and O–H groups in total. The summed E-state index contributed by atoms with van der Waals surface area (Å²) in [5.74, 6) is 0. The minimum atomic E-state index is -3.06. The van der Waals surface area contributed by atoms with Crippen LogP contribution < -0.4 is 4.72 Å². The van der Waals surface area contributed by atoms with Gasteiger partial charge in [0.15, 0.2) is 0 Å². The molecule has 1 aliphatic carbocycles. The molecule has 1 aromatic rings. The molecular weight excluding hydrogens is 300 g/mol. The molecule has 0 aromatic carbocycles. The zero-order valence-corrected chi connectivity index (χ0v) is 14.1. The van der Waals surface area contributed by atoms with Crippen LogP contribution in [0, 0.1) is 0 Å². The van der Waals surface area contributed by atoms with E-state index < -0.39 is 10.0 Å². The summed E-state index contributed by atoms with van der Waals surface area (Å²) >= 11 is 0. The van der Waals surface area contributed by atoms with Crippen LogP contribution in [0.1, 0.15) is 43.1 Å². The molecule has 6 nitrogen and oxygen atoms in total. The van der Waals surface area contributed by atoms with E-state index in [-0.39, 0.29) is 0 Å². The third-order valence-corrected chi connectivity index (χ3v) is 5.44. The lowest BCUT2D eigenvalue weighted by molar-refractivity contribution is 0.318. The molecule has 0 bridgehead atoms. The first kappa shape index (κ1) is 16.0. The van der Waals surface area contributed by atoms with E-state index in [0.717, 1.165) is 32.5 Å². The first-order chi connectivity index (χ1) is 10.5. The number of fused-ring (bicyclic) bond motifs is 1. The van der Waals surface area contributed by atoms with Crippen LogP contribution >= 0.6 is 0 Å². The van der Waals surface area contributed by atoms with E-state index >= 15 is 0 Å². The second-order valence-corrected chi connectivity index (χ2v) is 8.35. The van der Waals surface area contributed by atoms with E-state index in [1.54, 1.807) is 0 Å². The van der Waals surface area contributed by atoms with Crippen molar-refractivity contribution in [2.45, 2.75) is 44.6 Å². The molecule has 1 fully saturated rings. The van der Waals surface area contributed by atoms with Crippen LogP contribution in [0.5, 0.6) is 0 Å². The Morgan fingerprint density at radius 2 is 2.18 bits per heavy atom. The fourth-order valence-corrected chi connectivity index (χ4v) is 4.12. The molecule has 1 aliphatic heterocycles. The first-order valence-corrected chi connectivity index (χ1v) is 10.1. The number of likely N-dealkylation sites (tertiary alicyclic amines) is 1. The van der Waals surface area contributed by atoms with E-state index in [0.29, 0.717) is 12.6 Å². The normalized spacial score (nSPS) is 22.9. The average Bonchev–Trinajstić information content (AvgIpc) is 3.09. The van der Waals surface area contributed by atoms with Gasteiger partial charge in [-0.15, -0.1) is 0 Å². The fourth-order valence-electron chi connectivity index (χ4n) is 3.61. The van der Waals surface area contributed by atoms with Crippen molar-refractivity contribution in [3.8, 4) is 0 Å². The quantitative estimate of drug-likeness (QED) is 0.790. The Morgan fingerprint density at radius 1 is 1.36 bits per heavy atom. The third-order valence-electron chi connectivity index (χ3n) is 4.72. The predicted octanol–water partition coefficient (Wildman–Crippen LogP) is 0.948. The number of aromatic nitrogens is 2. The van der Waals surface area contributed by atoms with Crippen LogP contribution in [0.2, 0.25) is 0 Å². The molecular formula is C15H26N4O2S. The molecule has 3 rings (SSSR count). The molecule has 7 heteroatoms. The highest BCUT2D eigenvalue weighted by molar-refractivity contribution is 7.88. The van der Waals surface area contributed by atoms with Crippen LogP contribution in [0.15, 0.2) is 6.33 Å². The van der Waals surface area contributed by atoms with Gasteiger partial charge >= 0.3 is 0 Å². The topological polar surface area (TPSA) is 67.2 Å². The minimum absolute atomic E-state index is 0.528. The number of hydrogen-bond donors (Lipinski definition) is 1. The van der Waals surface area contributed by atoms with Crippen molar-refractivity contribution in [3.63, 3.8) is 0 Å². The number of aryl methyl sites for hydroxylation is 1. The molecule has 22 heavy (non-hydrogen) atoms. The van der Waals surface area contributed by atoms with Crippen LogP contribution in [-0.2, 0) is 22.9 Å². The van der Waals surface area contributed by atoms with Gasteiger partial charge in [0.2, 0.25) is 10.0 Å². The van der Waals surface area contributed by atoms with Crippen molar-refractivity contribution < 1.29 is 8.42 Å². The van der Waals surface area contributed by atoms with Gasteiger partial charge in [-0.05, 0) is 45.1 Å². The number of rotatable bonds is 6. The molecule has 2 heterocycles. The monoisotopic (exact) mass is 326 g/mol. The molecule has 124 valence electrons. The number of nitrogens with one attached hydrogen (secondary N) is 1. The smallest absolute Gasteiger partial charge is 0.208 e. The maximum absolute atomic E-state index is 11.0. The second kappa shape index (κ2) is 6.68. The summed E-state index contributed by atoms with van der Waals surface area (Å²) in [4.78, 5) is 7.03. The number of sulfonamides is 1. The maximum Gasteiger partial charge on any atom is 0.208 e. The van der Waals surface area contributed by atoms with Gasteiger partial charge in [-0.25, -0.2) is 18.1 Å². The molecule has 0 amide bonds. The summed E-state index contributed by atoms with van der Waals surface area (Å²) in [6.07, 6.45) is 10.1. The minimum Gasteiger partial charge on any atom is -0.330 e. The standard InChI is InChI=1S/C15H26N4O2S/c1-22(20,21)17-8-4-9-18-10-7-13(11-18)19-12-16-14-5-2-3-6-15(14)19/h12-13,17H,2-11H2,1H3/t13-/m0/s1. The lowest BCUT2D eigenvalue weighted by atomic mass is 10.0. The molecule has 0 unspecified atom stereocenters. The number of hydrogen-bond acceptors (Lipinski definition) is 4. The van der Waals surface area contributed by atoms with E-state index in [9.17, 15) is 8.42 Å². The summed E-state index contributed by atoms with van der Waals surface area (Å²) in [7, 11) is -3.06. The summed E-state index contributed by atoms with van der Waals surface area (Å²) in [6, 6.07) is 0.539. The lowest BCUT2D eigenvalue weighted by Crippen LogP contribution is -2.28. The van der Waals surface area contributed by atoms with Crippen LogP contribution in [0.25, 0.3) is 0 Å². The van der Waals surface area contributed by atoms with Crippen molar-refractivity contribution in [1.29, 1.82) is 0 Å². The molecule has 0 radical (unpaired) electrons. The Labute approximate surface area is 133 Å². The lowest BCUT2D eigenvalue weighted by Gasteiger charge is -2.20. The van der Waals surface area contributed by atoms with E-state index in [1.807, 2.05) is 6.33 Å². The average molecular weight is 326 g/mol. The van der Waals surface area contributed by atoms with Gasteiger partial charge in [-0.2, -0.15) is 0 Å². The molecule has 2 aliphatic rings. The first-order valence-electron chi connectivity index (χ1n) is 8.24. The largest absolute Gasteiger partial charge is 0.330 e. The Balaban J connectivity index is 1.49. The van der Waals surface area contributed by atoms with Crippen molar-refractivity contribution in [2.75, 3.05) is 32.4 Å².